The number of aryl methyl sites for hydroxylation is 1. The van der Waals surface area contributed by atoms with E-state index in [2.05, 4.69) is 15.9 Å². The zero-order chi connectivity index (χ0) is 13.8. The number of carbonyl (C=O) groups is 1. The third kappa shape index (κ3) is 3.07. The molecule has 0 saturated heterocycles. The fourth-order valence-corrected chi connectivity index (χ4v) is 2.41. The number of hydrogen-bond donors (Lipinski definition) is 0. The zero-order valence-corrected chi connectivity index (χ0v) is 12.6. The first-order chi connectivity index (χ1) is 9.13. The molecule has 2 aromatic rings. The van der Waals surface area contributed by atoms with E-state index in [1.54, 1.807) is 0 Å². The predicted molar refractivity (Wildman–Crippen MR) is 78.4 cm³/mol. The Bertz CT molecular complexity index is 590. The zero-order valence-electron chi connectivity index (χ0n) is 11.0. The highest BCUT2D eigenvalue weighted by Gasteiger charge is 2.16. The SMILES string of the molecule is CCOC(=O)c1c(C)ccn1Cc1ccccc1Br. The van der Waals surface area contributed by atoms with Gasteiger partial charge in [-0.25, -0.2) is 4.79 Å². The third-order valence-electron chi connectivity index (χ3n) is 2.93. The summed E-state index contributed by atoms with van der Waals surface area (Å²) in [6, 6.07) is 9.93. The molecule has 4 heteroatoms. The lowest BCUT2D eigenvalue weighted by Crippen LogP contribution is -2.13. The Morgan fingerprint density at radius 1 is 1.32 bits per heavy atom. The van der Waals surface area contributed by atoms with Gasteiger partial charge in [0.25, 0.3) is 0 Å². The molecule has 1 heterocycles. The first-order valence-electron chi connectivity index (χ1n) is 6.19. The van der Waals surface area contributed by atoms with Crippen LogP contribution >= 0.6 is 15.9 Å². The first-order valence-corrected chi connectivity index (χ1v) is 6.99. The summed E-state index contributed by atoms with van der Waals surface area (Å²) in [6.07, 6.45) is 1.92. The highest BCUT2D eigenvalue weighted by molar-refractivity contribution is 9.10. The minimum atomic E-state index is -0.267. The molecule has 0 atom stereocenters. The van der Waals surface area contributed by atoms with Gasteiger partial charge in [0, 0.05) is 17.2 Å². The Morgan fingerprint density at radius 2 is 2.05 bits per heavy atom. The second-order valence-electron chi connectivity index (χ2n) is 4.29. The van der Waals surface area contributed by atoms with Gasteiger partial charge in [0.2, 0.25) is 0 Å². The summed E-state index contributed by atoms with van der Waals surface area (Å²) in [6.45, 7) is 4.76. The molecule has 0 saturated carbocycles. The van der Waals surface area contributed by atoms with Gasteiger partial charge in [0.05, 0.1) is 6.61 Å². The normalized spacial score (nSPS) is 10.5. The molecular weight excluding hydrogens is 306 g/mol. The topological polar surface area (TPSA) is 31.2 Å². The molecule has 0 spiro atoms. The van der Waals surface area contributed by atoms with E-state index in [4.69, 9.17) is 4.74 Å². The van der Waals surface area contributed by atoms with Crippen molar-refractivity contribution >= 4 is 21.9 Å². The van der Waals surface area contributed by atoms with E-state index in [0.29, 0.717) is 18.8 Å². The summed E-state index contributed by atoms with van der Waals surface area (Å²) >= 11 is 3.52. The number of hydrogen-bond acceptors (Lipinski definition) is 2. The van der Waals surface area contributed by atoms with Crippen molar-refractivity contribution in [3.8, 4) is 0 Å². The number of nitrogens with zero attached hydrogens (tertiary/aromatic N) is 1. The molecule has 0 fully saturated rings. The molecule has 0 radical (unpaired) electrons. The third-order valence-corrected chi connectivity index (χ3v) is 3.71. The Morgan fingerprint density at radius 3 is 2.74 bits per heavy atom. The Labute approximate surface area is 121 Å². The van der Waals surface area contributed by atoms with Crippen molar-refractivity contribution < 1.29 is 9.53 Å². The Balaban J connectivity index is 2.31. The Hall–Kier alpha value is -1.55. The maximum absolute atomic E-state index is 12.0. The van der Waals surface area contributed by atoms with Crippen LogP contribution in [0.3, 0.4) is 0 Å². The van der Waals surface area contributed by atoms with Crippen LogP contribution in [0.25, 0.3) is 0 Å². The molecule has 0 aliphatic carbocycles. The summed E-state index contributed by atoms with van der Waals surface area (Å²) in [5.74, 6) is -0.267. The summed E-state index contributed by atoms with van der Waals surface area (Å²) in [5, 5.41) is 0. The molecule has 1 aromatic carbocycles. The monoisotopic (exact) mass is 321 g/mol. The lowest BCUT2D eigenvalue weighted by atomic mass is 10.2. The molecule has 19 heavy (non-hydrogen) atoms. The summed E-state index contributed by atoms with van der Waals surface area (Å²) in [4.78, 5) is 12.0. The van der Waals surface area contributed by atoms with Crippen molar-refractivity contribution in [1.82, 2.24) is 4.57 Å². The fourth-order valence-electron chi connectivity index (χ4n) is 2.00. The van der Waals surface area contributed by atoms with Crippen LogP contribution in [-0.4, -0.2) is 17.1 Å². The lowest BCUT2D eigenvalue weighted by molar-refractivity contribution is 0.0513. The average molecular weight is 322 g/mol. The highest BCUT2D eigenvalue weighted by atomic mass is 79.9. The minimum Gasteiger partial charge on any atom is -0.461 e. The molecule has 3 nitrogen and oxygen atoms in total. The van der Waals surface area contributed by atoms with E-state index in [-0.39, 0.29) is 5.97 Å². The van der Waals surface area contributed by atoms with E-state index < -0.39 is 0 Å². The second-order valence-corrected chi connectivity index (χ2v) is 5.14. The smallest absolute Gasteiger partial charge is 0.355 e. The molecule has 0 aliphatic rings. The van der Waals surface area contributed by atoms with Crippen molar-refractivity contribution in [2.45, 2.75) is 20.4 Å². The van der Waals surface area contributed by atoms with Gasteiger partial charge >= 0.3 is 5.97 Å². The highest BCUT2D eigenvalue weighted by Crippen LogP contribution is 2.20. The maximum Gasteiger partial charge on any atom is 0.355 e. The van der Waals surface area contributed by atoms with Crippen LogP contribution < -0.4 is 0 Å². The van der Waals surface area contributed by atoms with Gasteiger partial charge in [-0.2, -0.15) is 0 Å². The fraction of sp³-hybridized carbons (Fsp3) is 0.267. The van der Waals surface area contributed by atoms with Crippen LogP contribution in [0.2, 0.25) is 0 Å². The molecule has 0 N–H and O–H groups in total. The van der Waals surface area contributed by atoms with Crippen molar-refractivity contribution in [2.75, 3.05) is 6.61 Å². The number of aromatic nitrogens is 1. The Kier molecular flexibility index (Phi) is 4.43. The second kappa shape index (κ2) is 6.06. The van der Waals surface area contributed by atoms with E-state index >= 15 is 0 Å². The largest absolute Gasteiger partial charge is 0.461 e. The number of carbonyl (C=O) groups excluding carboxylic acids is 1. The molecule has 2 rings (SSSR count). The summed E-state index contributed by atoms with van der Waals surface area (Å²) in [5.41, 5.74) is 2.69. The van der Waals surface area contributed by atoms with Crippen LogP contribution in [0.1, 0.15) is 28.5 Å². The average Bonchev–Trinajstić information content (AvgIpc) is 2.74. The van der Waals surface area contributed by atoms with Gasteiger partial charge in [-0.15, -0.1) is 0 Å². The standard InChI is InChI=1S/C15H16BrNO2/c1-3-19-15(18)14-11(2)8-9-17(14)10-12-6-4-5-7-13(12)16/h4-9H,3,10H2,1-2H3. The van der Waals surface area contributed by atoms with Gasteiger partial charge in [0.1, 0.15) is 5.69 Å². The lowest BCUT2D eigenvalue weighted by Gasteiger charge is -2.11. The van der Waals surface area contributed by atoms with Crippen LogP contribution in [-0.2, 0) is 11.3 Å². The van der Waals surface area contributed by atoms with Crippen LogP contribution in [0, 0.1) is 6.92 Å². The van der Waals surface area contributed by atoms with Gasteiger partial charge < -0.3 is 9.30 Å². The van der Waals surface area contributed by atoms with Gasteiger partial charge in [-0.05, 0) is 37.1 Å². The van der Waals surface area contributed by atoms with Crippen molar-refractivity contribution in [2.24, 2.45) is 0 Å². The predicted octanol–water partition coefficient (Wildman–Crippen LogP) is 3.78. The minimum absolute atomic E-state index is 0.267. The molecule has 100 valence electrons. The number of ether oxygens (including phenoxy) is 1. The quantitative estimate of drug-likeness (QED) is 0.802. The number of rotatable bonds is 4. The van der Waals surface area contributed by atoms with Crippen molar-refractivity contribution in [1.29, 1.82) is 0 Å². The van der Waals surface area contributed by atoms with E-state index in [1.807, 2.05) is 54.9 Å². The molecule has 0 unspecified atom stereocenters. The molecule has 1 aromatic heterocycles. The summed E-state index contributed by atoms with van der Waals surface area (Å²) in [7, 11) is 0. The van der Waals surface area contributed by atoms with E-state index in [0.717, 1.165) is 15.6 Å². The van der Waals surface area contributed by atoms with Crippen LogP contribution in [0.4, 0.5) is 0 Å². The van der Waals surface area contributed by atoms with Crippen LogP contribution in [0.15, 0.2) is 41.0 Å². The van der Waals surface area contributed by atoms with E-state index in [1.165, 1.54) is 0 Å². The molecule has 0 aliphatic heterocycles. The van der Waals surface area contributed by atoms with Gasteiger partial charge in [-0.1, -0.05) is 34.1 Å². The molecule has 0 bridgehead atoms. The summed E-state index contributed by atoms with van der Waals surface area (Å²) < 4.78 is 8.07. The molecular formula is C15H16BrNO2. The number of esters is 1. The first kappa shape index (κ1) is 13.9. The van der Waals surface area contributed by atoms with Crippen LogP contribution in [0.5, 0.6) is 0 Å². The van der Waals surface area contributed by atoms with Crippen molar-refractivity contribution in [3.05, 3.63) is 57.8 Å². The number of benzene rings is 1. The van der Waals surface area contributed by atoms with Crippen molar-refractivity contribution in [3.63, 3.8) is 0 Å². The van der Waals surface area contributed by atoms with Gasteiger partial charge in [-0.3, -0.25) is 0 Å². The van der Waals surface area contributed by atoms with E-state index in [9.17, 15) is 4.79 Å². The molecule has 0 amide bonds. The number of halogens is 1. The maximum atomic E-state index is 12.0. The van der Waals surface area contributed by atoms with Gasteiger partial charge in [0.15, 0.2) is 0 Å².